The summed E-state index contributed by atoms with van der Waals surface area (Å²) in [5.41, 5.74) is 0. The highest BCUT2D eigenvalue weighted by Gasteiger charge is 2.27. The Hall–Kier alpha value is -0.330. The predicted molar refractivity (Wildman–Crippen MR) is 67.1 cm³/mol. The maximum atomic E-state index is 11.9. The highest BCUT2D eigenvalue weighted by molar-refractivity contribution is 4.75. The van der Waals surface area contributed by atoms with Crippen molar-refractivity contribution < 1.29 is 22.6 Å². The lowest BCUT2D eigenvalue weighted by Crippen LogP contribution is -2.32. The quantitative estimate of drug-likeness (QED) is 0.695. The topological polar surface area (TPSA) is 30.5 Å². The van der Waals surface area contributed by atoms with E-state index in [9.17, 15) is 13.2 Å². The number of hydrogen-bond acceptors (Lipinski definition) is 3. The van der Waals surface area contributed by atoms with Gasteiger partial charge in [0.25, 0.3) is 0 Å². The van der Waals surface area contributed by atoms with E-state index in [1.54, 1.807) is 0 Å². The van der Waals surface area contributed by atoms with Crippen molar-refractivity contribution in [2.75, 3.05) is 19.8 Å². The van der Waals surface area contributed by atoms with Gasteiger partial charge in [-0.1, -0.05) is 13.8 Å². The van der Waals surface area contributed by atoms with Crippen LogP contribution in [0.15, 0.2) is 0 Å². The van der Waals surface area contributed by atoms with Crippen LogP contribution in [0.5, 0.6) is 0 Å². The van der Waals surface area contributed by atoms with Crippen molar-refractivity contribution in [3.05, 3.63) is 0 Å². The summed E-state index contributed by atoms with van der Waals surface area (Å²) in [5.74, 6) is 0. The molecular formula is C13H24F3NO2. The van der Waals surface area contributed by atoms with Gasteiger partial charge in [0.15, 0.2) is 0 Å². The third-order valence-electron chi connectivity index (χ3n) is 3.00. The maximum Gasteiger partial charge on any atom is 0.389 e. The number of rotatable bonds is 8. The van der Waals surface area contributed by atoms with Gasteiger partial charge in [0.05, 0.1) is 18.8 Å². The Labute approximate surface area is 112 Å². The van der Waals surface area contributed by atoms with Crippen LogP contribution in [-0.2, 0) is 9.47 Å². The Morgan fingerprint density at radius 3 is 2.58 bits per heavy atom. The number of alkyl halides is 3. The maximum absolute atomic E-state index is 11.9. The molecule has 0 radical (unpaired) electrons. The van der Waals surface area contributed by atoms with Gasteiger partial charge >= 0.3 is 6.18 Å². The van der Waals surface area contributed by atoms with E-state index in [2.05, 4.69) is 19.2 Å². The minimum absolute atomic E-state index is 0.0224. The Morgan fingerprint density at radius 2 is 1.95 bits per heavy atom. The molecule has 1 aliphatic rings. The van der Waals surface area contributed by atoms with Gasteiger partial charge in [0.1, 0.15) is 0 Å². The molecule has 1 rings (SSSR count). The minimum Gasteiger partial charge on any atom is -0.379 e. The average molecular weight is 283 g/mol. The van der Waals surface area contributed by atoms with Crippen molar-refractivity contribution in [2.45, 2.75) is 64.0 Å². The summed E-state index contributed by atoms with van der Waals surface area (Å²) >= 11 is 0. The Balaban J connectivity index is 2.00. The highest BCUT2D eigenvalue weighted by Crippen LogP contribution is 2.22. The Kier molecular flexibility index (Phi) is 7.10. The first kappa shape index (κ1) is 16.7. The molecule has 1 fully saturated rings. The van der Waals surface area contributed by atoms with Crippen molar-refractivity contribution in [1.82, 2.24) is 5.32 Å². The van der Waals surface area contributed by atoms with E-state index in [1.165, 1.54) is 0 Å². The predicted octanol–water partition coefficient (Wildman–Crippen LogP) is 2.89. The summed E-state index contributed by atoms with van der Waals surface area (Å²) in [4.78, 5) is 0. The van der Waals surface area contributed by atoms with Gasteiger partial charge in [-0.15, -0.1) is 0 Å². The fourth-order valence-corrected chi connectivity index (χ4v) is 2.01. The molecule has 2 unspecified atom stereocenters. The molecule has 0 aromatic heterocycles. The molecule has 0 aliphatic carbocycles. The smallest absolute Gasteiger partial charge is 0.379 e. The molecule has 1 N–H and O–H groups in total. The monoisotopic (exact) mass is 283 g/mol. The summed E-state index contributed by atoms with van der Waals surface area (Å²) in [6, 6.07) is 0.432. The van der Waals surface area contributed by atoms with Crippen LogP contribution in [0.2, 0.25) is 0 Å². The van der Waals surface area contributed by atoms with E-state index >= 15 is 0 Å². The molecule has 0 aromatic carbocycles. The first-order chi connectivity index (χ1) is 8.87. The third kappa shape index (κ3) is 8.44. The fourth-order valence-electron chi connectivity index (χ4n) is 2.01. The van der Waals surface area contributed by atoms with Crippen molar-refractivity contribution >= 4 is 0 Å². The standard InChI is InChI=1S/C13H24F3NO2/c1-10(2)17-8-11-4-5-12(19-11)9-18-7-3-6-13(14,15)16/h10-12,17H,3-9H2,1-2H3. The van der Waals surface area contributed by atoms with Gasteiger partial charge in [0, 0.05) is 25.6 Å². The van der Waals surface area contributed by atoms with E-state index in [0.29, 0.717) is 12.6 Å². The van der Waals surface area contributed by atoms with Crippen LogP contribution in [0.4, 0.5) is 13.2 Å². The number of ether oxygens (including phenoxy) is 2. The van der Waals surface area contributed by atoms with Gasteiger partial charge < -0.3 is 14.8 Å². The van der Waals surface area contributed by atoms with Crippen LogP contribution in [0.1, 0.15) is 39.5 Å². The molecule has 0 aromatic rings. The van der Waals surface area contributed by atoms with Gasteiger partial charge in [-0.25, -0.2) is 0 Å². The number of halogens is 3. The Bertz CT molecular complexity index is 247. The van der Waals surface area contributed by atoms with Crippen molar-refractivity contribution in [2.24, 2.45) is 0 Å². The van der Waals surface area contributed by atoms with Crippen molar-refractivity contribution in [3.8, 4) is 0 Å². The number of nitrogens with one attached hydrogen (secondary N) is 1. The van der Waals surface area contributed by atoms with Crippen molar-refractivity contribution in [1.29, 1.82) is 0 Å². The van der Waals surface area contributed by atoms with Crippen LogP contribution in [0.25, 0.3) is 0 Å². The summed E-state index contributed by atoms with van der Waals surface area (Å²) in [6.45, 7) is 5.53. The molecule has 2 atom stereocenters. The molecule has 1 saturated heterocycles. The van der Waals surface area contributed by atoms with Crippen LogP contribution in [-0.4, -0.2) is 44.2 Å². The SMILES string of the molecule is CC(C)NCC1CCC(COCCCC(F)(F)F)O1. The van der Waals surface area contributed by atoms with Gasteiger partial charge in [-0.2, -0.15) is 13.2 Å². The van der Waals surface area contributed by atoms with E-state index in [1.807, 2.05) is 0 Å². The second-order valence-corrected chi connectivity index (χ2v) is 5.31. The Morgan fingerprint density at radius 1 is 1.26 bits per heavy atom. The zero-order valence-electron chi connectivity index (χ0n) is 11.6. The minimum atomic E-state index is -4.08. The molecule has 1 heterocycles. The number of hydrogen-bond donors (Lipinski definition) is 1. The van der Waals surface area contributed by atoms with E-state index in [4.69, 9.17) is 9.47 Å². The molecule has 0 amide bonds. The molecule has 19 heavy (non-hydrogen) atoms. The largest absolute Gasteiger partial charge is 0.389 e. The first-order valence-electron chi connectivity index (χ1n) is 6.90. The average Bonchev–Trinajstić information content (AvgIpc) is 2.72. The van der Waals surface area contributed by atoms with Gasteiger partial charge in [-0.05, 0) is 19.3 Å². The van der Waals surface area contributed by atoms with Crippen LogP contribution in [0, 0.1) is 0 Å². The molecule has 1 aliphatic heterocycles. The molecule has 0 saturated carbocycles. The zero-order chi connectivity index (χ0) is 14.3. The first-order valence-corrected chi connectivity index (χ1v) is 6.90. The highest BCUT2D eigenvalue weighted by atomic mass is 19.4. The van der Waals surface area contributed by atoms with Crippen LogP contribution < -0.4 is 5.32 Å². The fraction of sp³-hybridized carbons (Fsp3) is 1.00. The molecule has 6 heteroatoms. The van der Waals surface area contributed by atoms with E-state index < -0.39 is 12.6 Å². The second kappa shape index (κ2) is 8.07. The summed E-state index contributed by atoms with van der Waals surface area (Å²) in [5, 5.41) is 3.31. The molecular weight excluding hydrogens is 259 g/mol. The summed E-state index contributed by atoms with van der Waals surface area (Å²) < 4.78 is 46.7. The lowest BCUT2D eigenvalue weighted by atomic mass is 10.2. The lowest BCUT2D eigenvalue weighted by Gasteiger charge is -2.16. The molecule has 0 spiro atoms. The summed E-state index contributed by atoms with van der Waals surface area (Å²) in [6.07, 6.45) is -2.70. The molecule has 3 nitrogen and oxygen atoms in total. The molecule has 114 valence electrons. The second-order valence-electron chi connectivity index (χ2n) is 5.31. The molecule has 0 bridgehead atoms. The van der Waals surface area contributed by atoms with Crippen LogP contribution >= 0.6 is 0 Å². The van der Waals surface area contributed by atoms with E-state index in [0.717, 1.165) is 19.4 Å². The third-order valence-corrected chi connectivity index (χ3v) is 3.00. The van der Waals surface area contributed by atoms with Gasteiger partial charge in [0.2, 0.25) is 0 Å². The van der Waals surface area contributed by atoms with Crippen LogP contribution in [0.3, 0.4) is 0 Å². The normalized spacial score (nSPS) is 24.3. The zero-order valence-corrected chi connectivity index (χ0v) is 11.6. The van der Waals surface area contributed by atoms with Gasteiger partial charge in [-0.3, -0.25) is 0 Å². The lowest BCUT2D eigenvalue weighted by molar-refractivity contribution is -0.138. The summed E-state index contributed by atoms with van der Waals surface area (Å²) in [7, 11) is 0. The van der Waals surface area contributed by atoms with Crippen molar-refractivity contribution in [3.63, 3.8) is 0 Å². The van der Waals surface area contributed by atoms with E-state index in [-0.39, 0.29) is 25.2 Å².